The number of carbonyl (C=O) groups excluding carboxylic acids is 5. The van der Waals surface area contributed by atoms with Crippen molar-refractivity contribution in [1.82, 2.24) is 26.6 Å². The van der Waals surface area contributed by atoms with Gasteiger partial charge in [0, 0.05) is 6.92 Å². The van der Waals surface area contributed by atoms with Gasteiger partial charge in [0.15, 0.2) is 0 Å². The van der Waals surface area contributed by atoms with Gasteiger partial charge in [0.2, 0.25) is 29.5 Å². The molecule has 0 aromatic heterocycles. The molecule has 0 heterocycles. The summed E-state index contributed by atoms with van der Waals surface area (Å²) in [7, 11) is 0. The Morgan fingerprint density at radius 2 is 1.14 bits per heavy atom. The van der Waals surface area contributed by atoms with Crippen LogP contribution in [0.15, 0.2) is 30.3 Å². The van der Waals surface area contributed by atoms with Gasteiger partial charge in [-0.05, 0) is 64.4 Å². The Hall–Kier alpha value is -3.47. The van der Waals surface area contributed by atoms with Crippen molar-refractivity contribution in [3.63, 3.8) is 0 Å². The van der Waals surface area contributed by atoms with E-state index in [-0.39, 0.29) is 30.8 Å². The Labute approximate surface area is 250 Å². The van der Waals surface area contributed by atoms with Crippen LogP contribution in [0.3, 0.4) is 0 Å². The minimum Gasteiger partial charge on any atom is -0.394 e. The van der Waals surface area contributed by atoms with Crippen LogP contribution in [-0.2, 0) is 30.4 Å². The SMILES string of the molecule is CC(=O)N[C@@H](CC(C)C)C(=O)NC(C)(C)C(=O)N[C@@H](CC(C)C)C(=O)NC(C)(C)C(=O)N[C@@H](CO)Cc1ccccc1. The van der Waals surface area contributed by atoms with Gasteiger partial charge in [0.25, 0.3) is 0 Å². The van der Waals surface area contributed by atoms with Crippen molar-refractivity contribution in [2.24, 2.45) is 11.8 Å². The molecule has 5 amide bonds. The summed E-state index contributed by atoms with van der Waals surface area (Å²) in [6, 6.07) is 7.07. The van der Waals surface area contributed by atoms with Gasteiger partial charge in [-0.2, -0.15) is 0 Å². The average molecular weight is 590 g/mol. The van der Waals surface area contributed by atoms with Crippen molar-refractivity contribution >= 4 is 29.5 Å². The molecule has 0 radical (unpaired) electrons. The van der Waals surface area contributed by atoms with Crippen LogP contribution in [-0.4, -0.2) is 70.5 Å². The highest BCUT2D eigenvalue weighted by Crippen LogP contribution is 2.13. The van der Waals surface area contributed by atoms with E-state index in [0.717, 1.165) is 5.56 Å². The molecule has 0 saturated carbocycles. The summed E-state index contributed by atoms with van der Waals surface area (Å²) in [5.74, 6) is -2.35. The van der Waals surface area contributed by atoms with Gasteiger partial charge in [-0.15, -0.1) is 0 Å². The Morgan fingerprint density at radius 3 is 1.55 bits per heavy atom. The number of hydrogen-bond donors (Lipinski definition) is 6. The average Bonchev–Trinajstić information content (AvgIpc) is 2.86. The number of hydrogen-bond acceptors (Lipinski definition) is 6. The minimum atomic E-state index is -1.40. The third-order valence-electron chi connectivity index (χ3n) is 6.62. The highest BCUT2D eigenvalue weighted by atomic mass is 16.3. The molecule has 0 aliphatic heterocycles. The van der Waals surface area contributed by atoms with Crippen LogP contribution in [0, 0.1) is 11.8 Å². The van der Waals surface area contributed by atoms with E-state index in [1.54, 1.807) is 13.8 Å². The zero-order valence-corrected chi connectivity index (χ0v) is 26.6. The molecule has 3 atom stereocenters. The first-order valence-electron chi connectivity index (χ1n) is 14.6. The number of carbonyl (C=O) groups is 5. The maximum absolute atomic E-state index is 13.4. The molecule has 11 heteroatoms. The van der Waals surface area contributed by atoms with E-state index in [1.165, 1.54) is 20.8 Å². The van der Waals surface area contributed by atoms with Crippen LogP contribution in [0.1, 0.15) is 80.7 Å². The van der Waals surface area contributed by atoms with Gasteiger partial charge in [-0.3, -0.25) is 24.0 Å². The molecule has 42 heavy (non-hydrogen) atoms. The molecule has 0 unspecified atom stereocenters. The second-order valence-electron chi connectivity index (χ2n) is 12.8. The zero-order chi connectivity index (χ0) is 32.3. The maximum atomic E-state index is 13.4. The van der Waals surface area contributed by atoms with Crippen LogP contribution in [0.2, 0.25) is 0 Å². The molecule has 6 N–H and O–H groups in total. The lowest BCUT2D eigenvalue weighted by Crippen LogP contribution is -2.64. The standard InChI is InChI=1S/C31H51N5O6/c1-19(2)15-24(32-21(5)38)26(39)35-31(8,9)29(42)34-25(16-20(3)4)27(40)36-30(6,7)28(41)33-23(18-37)17-22-13-11-10-12-14-22/h10-14,19-20,23-25,37H,15-18H2,1-9H3,(H,32,38)(H,33,41)(H,34,42)(H,35,39)(H,36,40)/t23-,24+,25+/m1/s1. The predicted molar refractivity (Wildman–Crippen MR) is 162 cm³/mol. The van der Waals surface area contributed by atoms with Gasteiger partial charge in [0.1, 0.15) is 23.2 Å². The Balaban J connectivity index is 2.97. The Morgan fingerprint density at radius 1 is 0.714 bits per heavy atom. The summed E-state index contributed by atoms with van der Waals surface area (Å²) in [5.41, 5.74) is -1.81. The molecule has 0 spiro atoms. The number of rotatable bonds is 16. The smallest absolute Gasteiger partial charge is 0.245 e. The first kappa shape index (κ1) is 36.6. The first-order chi connectivity index (χ1) is 19.4. The fourth-order valence-electron chi connectivity index (χ4n) is 4.32. The molecule has 0 saturated heterocycles. The molecule has 0 fully saturated rings. The van der Waals surface area contributed by atoms with Crippen LogP contribution < -0.4 is 26.6 Å². The van der Waals surface area contributed by atoms with E-state index < -0.39 is 52.8 Å². The summed E-state index contributed by atoms with van der Waals surface area (Å²) < 4.78 is 0. The van der Waals surface area contributed by atoms with Gasteiger partial charge < -0.3 is 31.7 Å². The van der Waals surface area contributed by atoms with Gasteiger partial charge >= 0.3 is 0 Å². The third kappa shape index (κ3) is 12.6. The van der Waals surface area contributed by atoms with Crippen LogP contribution in [0.25, 0.3) is 0 Å². The minimum absolute atomic E-state index is 0.0236. The largest absolute Gasteiger partial charge is 0.394 e. The second-order valence-corrected chi connectivity index (χ2v) is 12.8. The fraction of sp³-hybridized carbons (Fsp3) is 0.645. The van der Waals surface area contributed by atoms with Crippen molar-refractivity contribution in [2.75, 3.05) is 6.61 Å². The van der Waals surface area contributed by atoms with Crippen molar-refractivity contribution in [1.29, 1.82) is 0 Å². The maximum Gasteiger partial charge on any atom is 0.245 e. The van der Waals surface area contributed by atoms with Crippen molar-refractivity contribution in [3.05, 3.63) is 35.9 Å². The molecule has 0 aliphatic carbocycles. The van der Waals surface area contributed by atoms with Crippen LogP contribution >= 0.6 is 0 Å². The van der Waals surface area contributed by atoms with Gasteiger partial charge in [-0.1, -0.05) is 58.0 Å². The van der Waals surface area contributed by atoms with Crippen molar-refractivity contribution in [2.45, 2.75) is 111 Å². The van der Waals surface area contributed by atoms with E-state index in [1.807, 2.05) is 58.0 Å². The van der Waals surface area contributed by atoms with Crippen molar-refractivity contribution < 1.29 is 29.1 Å². The summed E-state index contributed by atoms with van der Waals surface area (Å²) in [4.78, 5) is 64.4. The molecule has 236 valence electrons. The van der Waals surface area contributed by atoms with Crippen molar-refractivity contribution in [3.8, 4) is 0 Å². The third-order valence-corrected chi connectivity index (χ3v) is 6.62. The highest BCUT2D eigenvalue weighted by molar-refractivity contribution is 5.97. The molecule has 11 nitrogen and oxygen atoms in total. The summed E-state index contributed by atoms with van der Waals surface area (Å²) >= 11 is 0. The monoisotopic (exact) mass is 589 g/mol. The molecule has 0 aliphatic rings. The van der Waals surface area contributed by atoms with Crippen LogP contribution in [0.5, 0.6) is 0 Å². The number of aliphatic hydroxyl groups excluding tert-OH is 1. The summed E-state index contributed by atoms with van der Waals surface area (Å²) in [5, 5.41) is 23.4. The van der Waals surface area contributed by atoms with E-state index in [2.05, 4.69) is 26.6 Å². The summed E-state index contributed by atoms with van der Waals surface area (Å²) in [6.07, 6.45) is 1.09. The first-order valence-corrected chi connectivity index (χ1v) is 14.6. The zero-order valence-electron chi connectivity index (χ0n) is 26.6. The highest BCUT2D eigenvalue weighted by Gasteiger charge is 2.38. The number of benzene rings is 1. The predicted octanol–water partition coefficient (Wildman–Crippen LogP) is 1.58. The van der Waals surface area contributed by atoms with Crippen LogP contribution in [0.4, 0.5) is 0 Å². The second kappa shape index (κ2) is 16.2. The topological polar surface area (TPSA) is 166 Å². The molecule has 1 aromatic carbocycles. The van der Waals surface area contributed by atoms with E-state index >= 15 is 0 Å². The van der Waals surface area contributed by atoms with Gasteiger partial charge in [-0.25, -0.2) is 0 Å². The lowest BCUT2D eigenvalue weighted by molar-refractivity contribution is -0.138. The molecule has 1 aromatic rings. The van der Waals surface area contributed by atoms with E-state index in [9.17, 15) is 29.1 Å². The number of nitrogens with one attached hydrogen (secondary N) is 5. The Bertz CT molecular complexity index is 1070. The fourth-order valence-corrected chi connectivity index (χ4v) is 4.32. The summed E-state index contributed by atoms with van der Waals surface area (Å²) in [6.45, 7) is 14.8. The van der Waals surface area contributed by atoms with Gasteiger partial charge in [0.05, 0.1) is 12.6 Å². The quantitative estimate of drug-likeness (QED) is 0.171. The normalized spacial score (nSPS) is 14.0. The lowest BCUT2D eigenvalue weighted by atomic mass is 9.96. The number of amides is 5. The van der Waals surface area contributed by atoms with E-state index in [4.69, 9.17) is 0 Å². The Kier molecular flexibility index (Phi) is 14.1. The molecular formula is C31H51N5O6. The molecule has 0 bridgehead atoms. The number of aliphatic hydroxyl groups is 1. The molecular weight excluding hydrogens is 538 g/mol. The van der Waals surface area contributed by atoms with E-state index in [0.29, 0.717) is 12.8 Å². The lowest BCUT2D eigenvalue weighted by Gasteiger charge is -2.33. The molecule has 1 rings (SSSR count).